The van der Waals surface area contributed by atoms with Gasteiger partial charge >= 0.3 is 0 Å². The first kappa shape index (κ1) is 10.6. The van der Waals surface area contributed by atoms with E-state index in [1.807, 2.05) is 0 Å². The first-order valence-corrected chi connectivity index (χ1v) is 6.60. The Bertz CT molecular complexity index is 484. The number of hydrogen-bond acceptors (Lipinski definition) is 2. The van der Waals surface area contributed by atoms with Crippen molar-refractivity contribution in [2.24, 2.45) is 0 Å². The van der Waals surface area contributed by atoms with Crippen LogP contribution in [0.4, 0.5) is 4.39 Å². The molecule has 0 saturated heterocycles. The molecule has 1 aromatic rings. The summed E-state index contributed by atoms with van der Waals surface area (Å²) in [4.78, 5) is 0. The van der Waals surface area contributed by atoms with Gasteiger partial charge in [-0.2, -0.15) is 0 Å². The van der Waals surface area contributed by atoms with Gasteiger partial charge < -0.3 is 0 Å². The summed E-state index contributed by atoms with van der Waals surface area (Å²) in [6.07, 6.45) is 2.61. The van der Waals surface area contributed by atoms with Crippen molar-refractivity contribution in [3.8, 4) is 0 Å². The van der Waals surface area contributed by atoms with Crippen LogP contribution in [0.3, 0.4) is 0 Å². The molecule has 82 valence electrons. The number of aryl methyl sites for hydroxylation is 1. The van der Waals surface area contributed by atoms with Crippen molar-refractivity contribution in [1.82, 2.24) is 4.72 Å². The predicted octanol–water partition coefficient (Wildman–Crippen LogP) is 1.36. The molecule has 0 aliphatic heterocycles. The summed E-state index contributed by atoms with van der Waals surface area (Å²) in [6, 6.07) is 4.26. The highest BCUT2D eigenvalue weighted by atomic mass is 32.2. The topological polar surface area (TPSA) is 46.2 Å². The molecule has 1 aliphatic rings. The smallest absolute Gasteiger partial charge is 0.209 e. The van der Waals surface area contributed by atoms with Gasteiger partial charge in [0.1, 0.15) is 5.82 Å². The van der Waals surface area contributed by atoms with Gasteiger partial charge in [0.2, 0.25) is 10.0 Å². The lowest BCUT2D eigenvalue weighted by molar-refractivity contribution is 0.558. The summed E-state index contributed by atoms with van der Waals surface area (Å²) in [6.45, 7) is 0. The van der Waals surface area contributed by atoms with Gasteiger partial charge in [0.05, 0.1) is 6.26 Å². The summed E-state index contributed by atoms with van der Waals surface area (Å²) in [5.74, 6) is -0.323. The van der Waals surface area contributed by atoms with Gasteiger partial charge in [0, 0.05) is 6.04 Å². The predicted molar refractivity (Wildman–Crippen MR) is 55.4 cm³/mol. The lowest BCUT2D eigenvalue weighted by Gasteiger charge is -2.11. The Morgan fingerprint density at radius 3 is 2.87 bits per heavy atom. The molecule has 0 aromatic heterocycles. The van der Waals surface area contributed by atoms with E-state index in [0.29, 0.717) is 6.42 Å². The Hall–Kier alpha value is -0.940. The van der Waals surface area contributed by atoms with Gasteiger partial charge in [0.25, 0.3) is 0 Å². The standard InChI is InChI=1S/C10H12FNO2S/c1-15(13,14)12-10-5-3-7-2-4-8(11)6-9(7)10/h2,4,6,10,12H,3,5H2,1H3/t10-/m1/s1. The fraction of sp³-hybridized carbons (Fsp3) is 0.400. The van der Waals surface area contributed by atoms with Crippen LogP contribution in [0.1, 0.15) is 23.6 Å². The number of benzene rings is 1. The number of rotatable bonds is 2. The maximum absolute atomic E-state index is 13.0. The first-order chi connectivity index (χ1) is 6.96. The van der Waals surface area contributed by atoms with Crippen molar-refractivity contribution in [3.05, 3.63) is 35.1 Å². The minimum absolute atomic E-state index is 0.273. The Kier molecular flexibility index (Phi) is 2.52. The maximum Gasteiger partial charge on any atom is 0.209 e. The molecular weight excluding hydrogens is 217 g/mol. The molecule has 0 heterocycles. The van der Waals surface area contributed by atoms with E-state index >= 15 is 0 Å². The van der Waals surface area contributed by atoms with Crippen molar-refractivity contribution in [2.75, 3.05) is 6.26 Å². The Labute approximate surface area is 88.4 Å². The summed E-state index contributed by atoms with van der Waals surface area (Å²) >= 11 is 0. The van der Waals surface area contributed by atoms with Crippen molar-refractivity contribution >= 4 is 10.0 Å². The molecule has 0 bridgehead atoms. The Morgan fingerprint density at radius 2 is 2.20 bits per heavy atom. The Balaban J connectivity index is 2.32. The highest BCUT2D eigenvalue weighted by Gasteiger charge is 2.25. The monoisotopic (exact) mass is 229 g/mol. The SMILES string of the molecule is CS(=O)(=O)N[C@@H]1CCc2ccc(F)cc21. The highest BCUT2D eigenvalue weighted by molar-refractivity contribution is 7.88. The molecule has 15 heavy (non-hydrogen) atoms. The number of sulfonamides is 1. The van der Waals surface area contributed by atoms with E-state index in [-0.39, 0.29) is 11.9 Å². The van der Waals surface area contributed by atoms with Crippen molar-refractivity contribution < 1.29 is 12.8 Å². The maximum atomic E-state index is 13.0. The molecule has 0 amide bonds. The van der Waals surface area contributed by atoms with E-state index in [1.54, 1.807) is 6.07 Å². The molecule has 0 fully saturated rings. The fourth-order valence-electron chi connectivity index (χ4n) is 1.95. The minimum Gasteiger partial charge on any atom is -0.213 e. The van der Waals surface area contributed by atoms with Gasteiger partial charge in [-0.15, -0.1) is 0 Å². The summed E-state index contributed by atoms with van der Waals surface area (Å²) in [5.41, 5.74) is 1.79. The summed E-state index contributed by atoms with van der Waals surface area (Å²) in [7, 11) is -3.24. The van der Waals surface area contributed by atoms with E-state index < -0.39 is 10.0 Å². The van der Waals surface area contributed by atoms with Crippen LogP contribution < -0.4 is 4.72 Å². The Morgan fingerprint density at radius 1 is 1.47 bits per heavy atom. The zero-order valence-corrected chi connectivity index (χ0v) is 9.14. The zero-order chi connectivity index (χ0) is 11.1. The fourth-order valence-corrected chi connectivity index (χ4v) is 2.72. The molecule has 2 rings (SSSR count). The zero-order valence-electron chi connectivity index (χ0n) is 8.33. The van der Waals surface area contributed by atoms with Crippen LogP contribution in [0.5, 0.6) is 0 Å². The van der Waals surface area contributed by atoms with Crippen LogP contribution in [-0.2, 0) is 16.4 Å². The molecule has 1 N–H and O–H groups in total. The summed E-state index contributed by atoms with van der Waals surface area (Å²) < 4.78 is 37.7. The molecule has 1 aliphatic carbocycles. The van der Waals surface area contributed by atoms with Crippen LogP contribution in [0.2, 0.25) is 0 Å². The van der Waals surface area contributed by atoms with Crippen LogP contribution in [0.15, 0.2) is 18.2 Å². The average Bonchev–Trinajstić information content (AvgIpc) is 2.46. The minimum atomic E-state index is -3.24. The van der Waals surface area contributed by atoms with Gasteiger partial charge in [-0.05, 0) is 36.1 Å². The lowest BCUT2D eigenvalue weighted by Crippen LogP contribution is -2.25. The molecule has 0 unspecified atom stereocenters. The largest absolute Gasteiger partial charge is 0.213 e. The van der Waals surface area contributed by atoms with Gasteiger partial charge in [-0.1, -0.05) is 6.07 Å². The third kappa shape index (κ3) is 2.35. The van der Waals surface area contributed by atoms with Gasteiger partial charge in [-0.25, -0.2) is 17.5 Å². The third-order valence-electron chi connectivity index (χ3n) is 2.54. The normalized spacial score (nSPS) is 20.3. The number of fused-ring (bicyclic) bond motifs is 1. The van der Waals surface area contributed by atoms with Crippen molar-refractivity contribution in [2.45, 2.75) is 18.9 Å². The second-order valence-electron chi connectivity index (χ2n) is 3.82. The van der Waals surface area contributed by atoms with E-state index in [9.17, 15) is 12.8 Å². The van der Waals surface area contributed by atoms with E-state index in [4.69, 9.17) is 0 Å². The molecule has 0 saturated carbocycles. The summed E-state index contributed by atoms with van der Waals surface area (Å²) in [5, 5.41) is 0. The van der Waals surface area contributed by atoms with E-state index in [2.05, 4.69) is 4.72 Å². The second kappa shape index (κ2) is 3.57. The molecule has 1 aromatic carbocycles. The molecule has 0 radical (unpaired) electrons. The molecular formula is C10H12FNO2S. The third-order valence-corrected chi connectivity index (χ3v) is 3.25. The molecule has 0 spiro atoms. The lowest BCUT2D eigenvalue weighted by atomic mass is 10.1. The first-order valence-electron chi connectivity index (χ1n) is 4.71. The van der Waals surface area contributed by atoms with Crippen molar-refractivity contribution in [3.63, 3.8) is 0 Å². The highest BCUT2D eigenvalue weighted by Crippen LogP contribution is 2.31. The van der Waals surface area contributed by atoms with Crippen LogP contribution in [-0.4, -0.2) is 14.7 Å². The van der Waals surface area contributed by atoms with Crippen LogP contribution in [0, 0.1) is 5.82 Å². The van der Waals surface area contributed by atoms with Crippen LogP contribution >= 0.6 is 0 Å². The van der Waals surface area contributed by atoms with Gasteiger partial charge in [-0.3, -0.25) is 0 Å². The van der Waals surface area contributed by atoms with E-state index in [1.165, 1.54) is 12.1 Å². The molecule has 5 heteroatoms. The second-order valence-corrected chi connectivity index (χ2v) is 5.60. The average molecular weight is 229 g/mol. The van der Waals surface area contributed by atoms with Crippen LogP contribution in [0.25, 0.3) is 0 Å². The quantitative estimate of drug-likeness (QED) is 0.832. The number of hydrogen-bond donors (Lipinski definition) is 1. The molecule has 1 atom stereocenters. The van der Waals surface area contributed by atoms with Gasteiger partial charge in [0.15, 0.2) is 0 Å². The molecule has 3 nitrogen and oxygen atoms in total. The number of halogens is 1. The van der Waals surface area contributed by atoms with Crippen molar-refractivity contribution in [1.29, 1.82) is 0 Å². The van der Waals surface area contributed by atoms with E-state index in [0.717, 1.165) is 23.8 Å². The number of nitrogens with one attached hydrogen (secondary N) is 1.